The van der Waals surface area contributed by atoms with Gasteiger partial charge in [-0.25, -0.2) is 0 Å². The number of methoxy groups -OCH3 is 1. The largest absolute Gasteiger partial charge is 0.385 e. The highest BCUT2D eigenvalue weighted by Gasteiger charge is 2.11. The number of carbonyl (C=O) groups is 2. The molecule has 0 amide bonds. The highest BCUT2D eigenvalue weighted by molar-refractivity contribution is 6.10. The predicted molar refractivity (Wildman–Crippen MR) is 194 cm³/mol. The molecule has 0 spiro atoms. The molecule has 0 saturated heterocycles. The SMILES string of the molecule is CC.CC.CC.CCOC.Cc1ccccc1C(=O)c1ccc(-c2ccccc2)cc1.O=C(c1ccccc1)c1ccccc1. The zero-order chi connectivity index (χ0) is 33.9. The van der Waals surface area contributed by atoms with Crippen molar-refractivity contribution in [1.82, 2.24) is 0 Å². The molecule has 5 aromatic carbocycles. The molecule has 0 aliphatic rings. The van der Waals surface area contributed by atoms with Crippen molar-refractivity contribution < 1.29 is 14.3 Å². The normalized spacial score (nSPS) is 8.91. The van der Waals surface area contributed by atoms with Gasteiger partial charge in [0, 0.05) is 36.0 Å². The van der Waals surface area contributed by atoms with Crippen molar-refractivity contribution in [3.63, 3.8) is 0 Å². The molecular formula is C42H52O3. The number of aryl methyl sites for hydroxylation is 1. The minimum Gasteiger partial charge on any atom is -0.385 e. The van der Waals surface area contributed by atoms with Crippen molar-refractivity contribution >= 4 is 11.6 Å². The van der Waals surface area contributed by atoms with Gasteiger partial charge in [-0.2, -0.15) is 0 Å². The summed E-state index contributed by atoms with van der Waals surface area (Å²) in [5.41, 5.74) is 6.25. The minimum atomic E-state index is 0.0752. The molecule has 0 aliphatic carbocycles. The fourth-order valence-electron chi connectivity index (χ4n) is 3.77. The average Bonchev–Trinajstić information content (AvgIpc) is 3.15. The summed E-state index contributed by atoms with van der Waals surface area (Å²) in [5.74, 6) is 0.152. The van der Waals surface area contributed by atoms with Gasteiger partial charge in [-0.3, -0.25) is 9.59 Å². The Morgan fingerprint density at radius 2 is 0.800 bits per heavy atom. The third kappa shape index (κ3) is 14.6. The van der Waals surface area contributed by atoms with Crippen LogP contribution in [0.25, 0.3) is 11.1 Å². The van der Waals surface area contributed by atoms with Gasteiger partial charge in [0.1, 0.15) is 0 Å². The van der Waals surface area contributed by atoms with E-state index in [1.54, 1.807) is 7.11 Å². The van der Waals surface area contributed by atoms with E-state index in [0.29, 0.717) is 0 Å². The lowest BCUT2D eigenvalue weighted by atomic mass is 9.97. The maximum Gasteiger partial charge on any atom is 0.193 e. The van der Waals surface area contributed by atoms with Gasteiger partial charge in [-0.05, 0) is 30.5 Å². The molecule has 0 saturated carbocycles. The standard InChI is InChI=1S/C20H16O.C13H10O.C3H8O.3C2H6/c1-15-7-5-6-10-19(15)20(21)18-13-11-17(12-14-18)16-8-3-2-4-9-16;14-13(11-7-3-1-4-8-11)12-9-5-2-6-10-12;1-3-4-2;3*1-2/h2-14H,1H3;1-10H;3H2,1-2H3;3*1-2H3. The summed E-state index contributed by atoms with van der Waals surface area (Å²) >= 11 is 0. The maximum absolute atomic E-state index is 12.5. The van der Waals surface area contributed by atoms with Crippen molar-refractivity contribution in [2.45, 2.75) is 55.4 Å². The number of rotatable bonds is 6. The number of hydrogen-bond donors (Lipinski definition) is 0. The molecule has 45 heavy (non-hydrogen) atoms. The summed E-state index contributed by atoms with van der Waals surface area (Å²) in [6.45, 7) is 16.7. The van der Waals surface area contributed by atoms with Crippen LogP contribution in [0, 0.1) is 6.92 Å². The first-order valence-electron chi connectivity index (χ1n) is 15.9. The Bertz CT molecular complexity index is 1380. The van der Waals surface area contributed by atoms with Gasteiger partial charge in [0.15, 0.2) is 11.6 Å². The quantitative estimate of drug-likeness (QED) is 0.181. The second-order valence-corrected chi connectivity index (χ2v) is 8.73. The zero-order valence-electron chi connectivity index (χ0n) is 28.7. The molecule has 0 N–H and O–H groups in total. The van der Waals surface area contributed by atoms with Crippen LogP contribution in [0.1, 0.15) is 85.9 Å². The Morgan fingerprint density at radius 3 is 1.20 bits per heavy atom. The summed E-state index contributed by atoms with van der Waals surface area (Å²) in [6, 6.07) is 44.3. The highest BCUT2D eigenvalue weighted by atomic mass is 16.5. The first kappa shape index (κ1) is 40.4. The van der Waals surface area contributed by atoms with E-state index in [9.17, 15) is 9.59 Å². The molecule has 0 unspecified atom stereocenters. The van der Waals surface area contributed by atoms with Crippen LogP contribution in [0.3, 0.4) is 0 Å². The van der Waals surface area contributed by atoms with Crippen LogP contribution in [-0.4, -0.2) is 25.3 Å². The first-order valence-corrected chi connectivity index (χ1v) is 15.9. The third-order valence-electron chi connectivity index (χ3n) is 6.00. The summed E-state index contributed by atoms with van der Waals surface area (Å²) < 4.78 is 4.54. The van der Waals surface area contributed by atoms with E-state index in [4.69, 9.17) is 0 Å². The van der Waals surface area contributed by atoms with E-state index in [1.807, 2.05) is 183 Å². The topological polar surface area (TPSA) is 43.4 Å². The van der Waals surface area contributed by atoms with Gasteiger partial charge < -0.3 is 4.74 Å². The molecule has 0 aliphatic heterocycles. The van der Waals surface area contributed by atoms with Gasteiger partial charge in [0.05, 0.1) is 0 Å². The third-order valence-corrected chi connectivity index (χ3v) is 6.00. The molecule has 0 atom stereocenters. The first-order chi connectivity index (χ1) is 22.0. The molecule has 3 heteroatoms. The van der Waals surface area contributed by atoms with Crippen LogP contribution in [0.4, 0.5) is 0 Å². The van der Waals surface area contributed by atoms with Crippen molar-refractivity contribution in [3.8, 4) is 11.1 Å². The molecule has 5 aromatic rings. The van der Waals surface area contributed by atoms with Gasteiger partial charge in [0.25, 0.3) is 0 Å². The number of ether oxygens (including phenoxy) is 1. The molecule has 0 radical (unpaired) electrons. The second-order valence-electron chi connectivity index (χ2n) is 8.73. The lowest BCUT2D eigenvalue weighted by Crippen LogP contribution is -2.03. The van der Waals surface area contributed by atoms with Crippen LogP contribution >= 0.6 is 0 Å². The maximum atomic E-state index is 12.5. The summed E-state index contributed by atoms with van der Waals surface area (Å²) in [4.78, 5) is 24.4. The fourth-order valence-corrected chi connectivity index (χ4v) is 3.77. The molecule has 3 nitrogen and oxygen atoms in total. The molecule has 238 valence electrons. The number of carbonyl (C=O) groups excluding carboxylic acids is 2. The minimum absolute atomic E-state index is 0.0752. The van der Waals surface area contributed by atoms with Gasteiger partial charge in [0.2, 0.25) is 0 Å². The second kappa shape index (κ2) is 25.9. The van der Waals surface area contributed by atoms with Gasteiger partial charge in [-0.15, -0.1) is 0 Å². The predicted octanol–water partition coefficient (Wildman–Crippen LogP) is 11.5. The smallest absolute Gasteiger partial charge is 0.193 e. The Morgan fingerprint density at radius 1 is 0.467 bits per heavy atom. The van der Waals surface area contributed by atoms with Crippen molar-refractivity contribution in [1.29, 1.82) is 0 Å². The Hall–Kier alpha value is -4.60. The van der Waals surface area contributed by atoms with Crippen molar-refractivity contribution in [3.05, 3.63) is 167 Å². The van der Waals surface area contributed by atoms with E-state index >= 15 is 0 Å². The van der Waals surface area contributed by atoms with Crippen LogP contribution in [0.2, 0.25) is 0 Å². The van der Waals surface area contributed by atoms with Crippen LogP contribution in [0.15, 0.2) is 140 Å². The van der Waals surface area contributed by atoms with E-state index in [0.717, 1.165) is 45.6 Å². The summed E-state index contributed by atoms with van der Waals surface area (Å²) in [7, 11) is 1.68. The molecule has 0 heterocycles. The number of benzene rings is 5. The number of ketones is 2. The van der Waals surface area contributed by atoms with Crippen LogP contribution in [-0.2, 0) is 4.74 Å². The van der Waals surface area contributed by atoms with E-state index < -0.39 is 0 Å². The van der Waals surface area contributed by atoms with E-state index in [1.165, 1.54) is 0 Å². The Labute approximate surface area is 273 Å². The Balaban J connectivity index is 0.000000697. The summed E-state index contributed by atoms with van der Waals surface area (Å²) in [5, 5.41) is 0. The van der Waals surface area contributed by atoms with Crippen molar-refractivity contribution in [2.24, 2.45) is 0 Å². The van der Waals surface area contributed by atoms with Crippen LogP contribution < -0.4 is 0 Å². The Kier molecular flexibility index (Phi) is 23.2. The molecule has 5 rings (SSSR count). The monoisotopic (exact) mass is 604 g/mol. The van der Waals surface area contributed by atoms with Crippen molar-refractivity contribution in [2.75, 3.05) is 13.7 Å². The molecule has 0 fully saturated rings. The fraction of sp³-hybridized carbons (Fsp3) is 0.238. The lowest BCUT2D eigenvalue weighted by Gasteiger charge is -2.06. The zero-order valence-corrected chi connectivity index (χ0v) is 28.7. The highest BCUT2D eigenvalue weighted by Crippen LogP contribution is 2.21. The van der Waals surface area contributed by atoms with Crippen LogP contribution in [0.5, 0.6) is 0 Å². The number of hydrogen-bond acceptors (Lipinski definition) is 3. The van der Waals surface area contributed by atoms with E-state index in [2.05, 4.69) is 16.9 Å². The molecular weight excluding hydrogens is 552 g/mol. The molecule has 0 aromatic heterocycles. The van der Waals surface area contributed by atoms with E-state index in [-0.39, 0.29) is 11.6 Å². The molecule has 0 bridgehead atoms. The lowest BCUT2D eigenvalue weighted by molar-refractivity contribution is 0.103. The summed E-state index contributed by atoms with van der Waals surface area (Å²) in [6.07, 6.45) is 0. The van der Waals surface area contributed by atoms with Gasteiger partial charge in [-0.1, -0.05) is 181 Å². The van der Waals surface area contributed by atoms with Gasteiger partial charge >= 0.3 is 0 Å². The average molecular weight is 605 g/mol.